The summed E-state index contributed by atoms with van der Waals surface area (Å²) in [5.41, 5.74) is 0. The van der Waals surface area contributed by atoms with E-state index in [-0.39, 0.29) is 18.0 Å². The van der Waals surface area contributed by atoms with E-state index in [0.29, 0.717) is 13.1 Å². The van der Waals surface area contributed by atoms with Crippen LogP contribution in [-0.2, 0) is 9.59 Å². The van der Waals surface area contributed by atoms with Crippen LogP contribution >= 0.6 is 0 Å². The minimum absolute atomic E-state index is 0.0731. The first-order valence-electron chi connectivity index (χ1n) is 5.49. The first-order valence-corrected chi connectivity index (χ1v) is 5.49. The minimum atomic E-state index is -0.381. The first kappa shape index (κ1) is 10.4. The maximum atomic E-state index is 11.7. The topological polar surface area (TPSA) is 52.6 Å². The second-order valence-electron chi connectivity index (χ2n) is 4.19. The van der Waals surface area contributed by atoms with Gasteiger partial charge in [0.05, 0.1) is 6.17 Å². The first-order chi connectivity index (χ1) is 7.20. The van der Waals surface area contributed by atoms with E-state index in [2.05, 4.69) is 5.32 Å². The molecule has 5 heteroatoms. The molecular weight excluding hydrogens is 194 g/mol. The third kappa shape index (κ3) is 1.97. The molecule has 84 valence electrons. The van der Waals surface area contributed by atoms with Gasteiger partial charge in [0, 0.05) is 20.1 Å². The molecule has 2 saturated heterocycles. The molecule has 0 bridgehead atoms. The van der Waals surface area contributed by atoms with Gasteiger partial charge in [0.1, 0.15) is 0 Å². The highest BCUT2D eigenvalue weighted by atomic mass is 16.2. The molecule has 0 radical (unpaired) electrons. The van der Waals surface area contributed by atoms with Gasteiger partial charge in [-0.25, -0.2) is 0 Å². The monoisotopic (exact) mass is 211 g/mol. The highest BCUT2D eigenvalue weighted by molar-refractivity contribution is 6.35. The largest absolute Gasteiger partial charge is 0.336 e. The molecule has 2 heterocycles. The van der Waals surface area contributed by atoms with Crippen molar-refractivity contribution in [1.82, 2.24) is 15.1 Å². The molecule has 2 aliphatic rings. The second kappa shape index (κ2) is 4.18. The molecule has 15 heavy (non-hydrogen) atoms. The van der Waals surface area contributed by atoms with Crippen molar-refractivity contribution in [1.29, 1.82) is 0 Å². The summed E-state index contributed by atoms with van der Waals surface area (Å²) in [6, 6.07) is 0. The number of hydrogen-bond donors (Lipinski definition) is 1. The number of likely N-dealkylation sites (N-methyl/N-ethyl adjacent to an activating group) is 1. The summed E-state index contributed by atoms with van der Waals surface area (Å²) in [4.78, 5) is 26.4. The van der Waals surface area contributed by atoms with Crippen LogP contribution in [0.25, 0.3) is 0 Å². The van der Waals surface area contributed by atoms with Crippen LogP contribution < -0.4 is 5.32 Å². The van der Waals surface area contributed by atoms with E-state index < -0.39 is 0 Å². The number of carbonyl (C=O) groups is 2. The zero-order valence-electron chi connectivity index (χ0n) is 9.03. The van der Waals surface area contributed by atoms with Gasteiger partial charge in [-0.1, -0.05) is 0 Å². The predicted molar refractivity (Wildman–Crippen MR) is 55.0 cm³/mol. The van der Waals surface area contributed by atoms with Gasteiger partial charge in [-0.3, -0.25) is 14.9 Å². The van der Waals surface area contributed by atoms with Crippen molar-refractivity contribution in [3.63, 3.8) is 0 Å². The number of piperazine rings is 1. The molecule has 1 unspecified atom stereocenters. The summed E-state index contributed by atoms with van der Waals surface area (Å²) < 4.78 is 0. The van der Waals surface area contributed by atoms with Crippen LogP contribution in [0.1, 0.15) is 19.3 Å². The third-order valence-corrected chi connectivity index (χ3v) is 3.13. The third-order valence-electron chi connectivity index (χ3n) is 3.13. The van der Waals surface area contributed by atoms with Gasteiger partial charge in [-0.2, -0.15) is 0 Å². The summed E-state index contributed by atoms with van der Waals surface area (Å²) in [6.45, 7) is 2.24. The Balaban J connectivity index is 2.02. The van der Waals surface area contributed by atoms with E-state index in [4.69, 9.17) is 0 Å². The van der Waals surface area contributed by atoms with Crippen molar-refractivity contribution in [2.45, 2.75) is 25.4 Å². The summed E-state index contributed by atoms with van der Waals surface area (Å²) in [6.07, 6.45) is 3.32. The number of piperidine rings is 1. The van der Waals surface area contributed by atoms with E-state index >= 15 is 0 Å². The molecule has 1 N–H and O–H groups in total. The average Bonchev–Trinajstić information content (AvgIpc) is 2.27. The van der Waals surface area contributed by atoms with Gasteiger partial charge in [-0.15, -0.1) is 0 Å². The van der Waals surface area contributed by atoms with Crippen LogP contribution in [0.3, 0.4) is 0 Å². The number of nitrogens with one attached hydrogen (secondary N) is 1. The number of carbonyl (C=O) groups excluding carboxylic acids is 2. The van der Waals surface area contributed by atoms with E-state index in [0.717, 1.165) is 25.8 Å². The summed E-state index contributed by atoms with van der Waals surface area (Å²) >= 11 is 0. The number of amides is 2. The van der Waals surface area contributed by atoms with Crippen LogP contribution in [0.5, 0.6) is 0 Å². The van der Waals surface area contributed by atoms with Crippen molar-refractivity contribution in [2.24, 2.45) is 0 Å². The Bertz CT molecular complexity index is 274. The molecular formula is C10H17N3O2. The van der Waals surface area contributed by atoms with Gasteiger partial charge >= 0.3 is 11.8 Å². The summed E-state index contributed by atoms with van der Waals surface area (Å²) in [5.74, 6) is -0.739. The summed E-state index contributed by atoms with van der Waals surface area (Å²) in [5, 5.41) is 3.29. The Hall–Kier alpha value is -1.10. The maximum absolute atomic E-state index is 11.7. The zero-order chi connectivity index (χ0) is 10.8. The van der Waals surface area contributed by atoms with Gasteiger partial charge in [0.15, 0.2) is 0 Å². The van der Waals surface area contributed by atoms with Crippen molar-refractivity contribution in [3.8, 4) is 0 Å². The lowest BCUT2D eigenvalue weighted by atomic mass is 10.1. The molecule has 2 aliphatic heterocycles. The molecule has 0 aromatic carbocycles. The van der Waals surface area contributed by atoms with Gasteiger partial charge < -0.3 is 9.80 Å². The lowest BCUT2D eigenvalue weighted by Crippen LogP contribution is -2.60. The normalized spacial score (nSPS) is 28.5. The van der Waals surface area contributed by atoms with Crippen molar-refractivity contribution in [2.75, 3.05) is 26.7 Å². The number of nitrogens with zero attached hydrogens (tertiary/aromatic N) is 2. The SMILES string of the molecule is CN1CCN(C2CCCCN2)C(=O)C1=O. The van der Waals surface area contributed by atoms with Crippen LogP contribution in [-0.4, -0.2) is 54.5 Å². The van der Waals surface area contributed by atoms with Crippen LogP contribution in [0.2, 0.25) is 0 Å². The van der Waals surface area contributed by atoms with E-state index in [1.807, 2.05) is 0 Å². The zero-order valence-corrected chi connectivity index (χ0v) is 9.03. The summed E-state index contributed by atoms with van der Waals surface area (Å²) in [7, 11) is 1.67. The fourth-order valence-corrected chi connectivity index (χ4v) is 2.14. The second-order valence-corrected chi connectivity index (χ2v) is 4.19. The van der Waals surface area contributed by atoms with Crippen LogP contribution in [0.4, 0.5) is 0 Å². The van der Waals surface area contributed by atoms with Gasteiger partial charge in [0.2, 0.25) is 0 Å². The molecule has 5 nitrogen and oxygen atoms in total. The van der Waals surface area contributed by atoms with Gasteiger partial charge in [0.25, 0.3) is 0 Å². The van der Waals surface area contributed by atoms with E-state index in [1.54, 1.807) is 11.9 Å². The van der Waals surface area contributed by atoms with E-state index in [1.165, 1.54) is 4.90 Å². The fraction of sp³-hybridized carbons (Fsp3) is 0.800. The standard InChI is InChI=1S/C10H17N3O2/c1-12-6-7-13(10(15)9(12)14)8-4-2-3-5-11-8/h8,11H,2-7H2,1H3. The van der Waals surface area contributed by atoms with Crippen molar-refractivity contribution < 1.29 is 9.59 Å². The molecule has 2 rings (SSSR count). The highest BCUT2D eigenvalue weighted by Gasteiger charge is 2.34. The van der Waals surface area contributed by atoms with Crippen LogP contribution in [0, 0.1) is 0 Å². The lowest BCUT2D eigenvalue weighted by Gasteiger charge is -2.39. The Morgan fingerprint density at radius 1 is 1.20 bits per heavy atom. The van der Waals surface area contributed by atoms with Gasteiger partial charge in [-0.05, 0) is 25.8 Å². The highest BCUT2D eigenvalue weighted by Crippen LogP contribution is 2.14. The quantitative estimate of drug-likeness (QED) is 0.588. The molecule has 0 aromatic heterocycles. The maximum Gasteiger partial charge on any atom is 0.313 e. The fourth-order valence-electron chi connectivity index (χ4n) is 2.14. The number of rotatable bonds is 1. The molecule has 0 spiro atoms. The smallest absolute Gasteiger partial charge is 0.313 e. The predicted octanol–water partition coefficient (Wildman–Crippen LogP) is -0.613. The number of hydrogen-bond acceptors (Lipinski definition) is 3. The Morgan fingerprint density at radius 3 is 2.67 bits per heavy atom. The molecule has 1 atom stereocenters. The molecule has 0 saturated carbocycles. The Kier molecular flexibility index (Phi) is 2.90. The van der Waals surface area contributed by atoms with Crippen molar-refractivity contribution in [3.05, 3.63) is 0 Å². The molecule has 0 aliphatic carbocycles. The van der Waals surface area contributed by atoms with E-state index in [9.17, 15) is 9.59 Å². The molecule has 2 amide bonds. The molecule has 2 fully saturated rings. The molecule has 0 aromatic rings. The lowest BCUT2D eigenvalue weighted by molar-refractivity contribution is -0.157. The Morgan fingerprint density at radius 2 is 2.00 bits per heavy atom. The van der Waals surface area contributed by atoms with Crippen LogP contribution in [0.15, 0.2) is 0 Å². The minimum Gasteiger partial charge on any atom is -0.336 e. The Labute approximate surface area is 89.4 Å². The van der Waals surface area contributed by atoms with Crippen molar-refractivity contribution >= 4 is 11.8 Å². The average molecular weight is 211 g/mol.